The zero-order valence-electron chi connectivity index (χ0n) is 9.32. The SMILES string of the molecule is C=C(/C=C(\C)C(=O)OC)C(=O)OCC1CO1. The predicted octanol–water partition coefficient (Wildman–Crippen LogP) is 0.604. The van der Waals surface area contributed by atoms with Crippen LogP contribution in [-0.2, 0) is 23.8 Å². The second kappa shape index (κ2) is 5.46. The summed E-state index contributed by atoms with van der Waals surface area (Å²) in [7, 11) is 1.27. The molecule has 5 nitrogen and oxygen atoms in total. The van der Waals surface area contributed by atoms with Gasteiger partial charge in [-0.1, -0.05) is 6.58 Å². The first-order chi connectivity index (χ1) is 7.54. The van der Waals surface area contributed by atoms with Crippen molar-refractivity contribution in [2.45, 2.75) is 13.0 Å². The van der Waals surface area contributed by atoms with Crippen LogP contribution in [0.3, 0.4) is 0 Å². The van der Waals surface area contributed by atoms with Gasteiger partial charge < -0.3 is 14.2 Å². The van der Waals surface area contributed by atoms with Gasteiger partial charge in [0.15, 0.2) is 0 Å². The molecule has 0 aromatic rings. The first kappa shape index (κ1) is 12.4. The zero-order chi connectivity index (χ0) is 12.1. The molecular formula is C11H14O5. The molecule has 0 bridgehead atoms. The van der Waals surface area contributed by atoms with Gasteiger partial charge in [-0.05, 0) is 13.0 Å². The van der Waals surface area contributed by atoms with Crippen LogP contribution in [0.5, 0.6) is 0 Å². The monoisotopic (exact) mass is 226 g/mol. The van der Waals surface area contributed by atoms with Crippen LogP contribution in [0, 0.1) is 0 Å². The number of ether oxygens (including phenoxy) is 3. The van der Waals surface area contributed by atoms with E-state index in [1.54, 1.807) is 0 Å². The van der Waals surface area contributed by atoms with Gasteiger partial charge in [-0.25, -0.2) is 9.59 Å². The summed E-state index contributed by atoms with van der Waals surface area (Å²) >= 11 is 0. The molecule has 0 saturated carbocycles. The fraction of sp³-hybridized carbons (Fsp3) is 0.455. The molecule has 16 heavy (non-hydrogen) atoms. The van der Waals surface area contributed by atoms with E-state index in [9.17, 15) is 9.59 Å². The molecule has 0 radical (unpaired) electrons. The molecule has 0 amide bonds. The van der Waals surface area contributed by atoms with Gasteiger partial charge in [0.25, 0.3) is 0 Å². The highest BCUT2D eigenvalue weighted by Crippen LogP contribution is 2.10. The van der Waals surface area contributed by atoms with Crippen LogP contribution in [0.1, 0.15) is 6.92 Å². The van der Waals surface area contributed by atoms with E-state index in [0.29, 0.717) is 12.2 Å². The average Bonchev–Trinajstić information content (AvgIpc) is 3.08. The van der Waals surface area contributed by atoms with Crippen LogP contribution in [0.25, 0.3) is 0 Å². The molecule has 1 saturated heterocycles. The third-order valence-corrected chi connectivity index (χ3v) is 1.96. The van der Waals surface area contributed by atoms with Crippen molar-refractivity contribution >= 4 is 11.9 Å². The first-order valence-electron chi connectivity index (χ1n) is 4.79. The highest BCUT2D eigenvalue weighted by Gasteiger charge is 2.24. The van der Waals surface area contributed by atoms with E-state index in [1.807, 2.05) is 0 Å². The van der Waals surface area contributed by atoms with Gasteiger partial charge >= 0.3 is 11.9 Å². The fourth-order valence-electron chi connectivity index (χ4n) is 0.966. The second-order valence-electron chi connectivity index (χ2n) is 3.40. The Kier molecular flexibility index (Phi) is 4.25. The average molecular weight is 226 g/mol. The molecule has 1 atom stereocenters. The van der Waals surface area contributed by atoms with E-state index in [0.717, 1.165) is 0 Å². The third kappa shape index (κ3) is 3.86. The van der Waals surface area contributed by atoms with Gasteiger partial charge in [0.05, 0.1) is 19.3 Å². The number of methoxy groups -OCH3 is 1. The Balaban J connectivity index is 2.42. The smallest absolute Gasteiger partial charge is 0.337 e. The minimum absolute atomic E-state index is 0.0161. The van der Waals surface area contributed by atoms with Crippen molar-refractivity contribution in [3.8, 4) is 0 Å². The maximum absolute atomic E-state index is 11.3. The van der Waals surface area contributed by atoms with Crippen molar-refractivity contribution in [2.24, 2.45) is 0 Å². The van der Waals surface area contributed by atoms with Crippen LogP contribution in [0.15, 0.2) is 23.8 Å². The molecule has 0 N–H and O–H groups in total. The normalized spacial score (nSPS) is 18.9. The maximum atomic E-state index is 11.3. The lowest BCUT2D eigenvalue weighted by atomic mass is 10.2. The summed E-state index contributed by atoms with van der Waals surface area (Å²) in [6.45, 7) is 5.89. The number of rotatable bonds is 5. The van der Waals surface area contributed by atoms with E-state index in [2.05, 4.69) is 11.3 Å². The second-order valence-corrected chi connectivity index (χ2v) is 3.40. The van der Waals surface area contributed by atoms with E-state index >= 15 is 0 Å². The fourth-order valence-corrected chi connectivity index (χ4v) is 0.966. The van der Waals surface area contributed by atoms with Gasteiger partial charge in [0.2, 0.25) is 0 Å². The summed E-state index contributed by atoms with van der Waals surface area (Å²) < 4.78 is 14.2. The summed E-state index contributed by atoms with van der Waals surface area (Å²) in [5, 5.41) is 0. The molecule has 1 unspecified atom stereocenters. The molecule has 0 aromatic heterocycles. The Morgan fingerprint density at radius 1 is 1.50 bits per heavy atom. The summed E-state index contributed by atoms with van der Waals surface area (Å²) in [6, 6.07) is 0. The van der Waals surface area contributed by atoms with Gasteiger partial charge in [-0.3, -0.25) is 0 Å². The molecule has 0 aromatic carbocycles. The van der Waals surface area contributed by atoms with E-state index in [1.165, 1.54) is 20.1 Å². The van der Waals surface area contributed by atoms with Crippen LogP contribution in [-0.4, -0.2) is 38.4 Å². The molecule has 5 heteroatoms. The summed E-state index contributed by atoms with van der Waals surface area (Å²) in [5.41, 5.74) is 0.413. The van der Waals surface area contributed by atoms with Crippen molar-refractivity contribution < 1.29 is 23.8 Å². The number of hydrogen-bond acceptors (Lipinski definition) is 5. The topological polar surface area (TPSA) is 65.1 Å². The number of carbonyl (C=O) groups is 2. The molecule has 0 aliphatic carbocycles. The van der Waals surface area contributed by atoms with E-state index in [-0.39, 0.29) is 18.3 Å². The van der Waals surface area contributed by atoms with Crippen LogP contribution >= 0.6 is 0 Å². The quantitative estimate of drug-likeness (QED) is 0.297. The minimum atomic E-state index is -0.557. The lowest BCUT2D eigenvalue weighted by Gasteiger charge is -2.03. The molecular weight excluding hydrogens is 212 g/mol. The lowest BCUT2D eigenvalue weighted by molar-refractivity contribution is -0.139. The standard InChI is InChI=1S/C11H14O5/c1-7(10(12)14-3)4-8(2)11(13)16-6-9-5-15-9/h4,9H,2,5-6H2,1,3H3/b7-4+. The molecule has 1 fully saturated rings. The van der Waals surface area contributed by atoms with Gasteiger partial charge in [-0.15, -0.1) is 0 Å². The molecule has 1 heterocycles. The van der Waals surface area contributed by atoms with Crippen LogP contribution in [0.4, 0.5) is 0 Å². The lowest BCUT2D eigenvalue weighted by Crippen LogP contribution is -2.11. The van der Waals surface area contributed by atoms with E-state index in [4.69, 9.17) is 9.47 Å². The molecule has 88 valence electrons. The predicted molar refractivity (Wildman–Crippen MR) is 55.6 cm³/mol. The number of carbonyl (C=O) groups excluding carboxylic acids is 2. The largest absolute Gasteiger partial charge is 0.466 e. The summed E-state index contributed by atoms with van der Waals surface area (Å²) in [6.07, 6.45) is 1.35. The Bertz CT molecular complexity index is 338. The number of hydrogen-bond donors (Lipinski definition) is 0. The third-order valence-electron chi connectivity index (χ3n) is 1.96. The zero-order valence-corrected chi connectivity index (χ0v) is 9.32. The van der Waals surface area contributed by atoms with Crippen LogP contribution < -0.4 is 0 Å². The Morgan fingerprint density at radius 3 is 2.62 bits per heavy atom. The summed E-state index contributed by atoms with van der Waals surface area (Å²) in [4.78, 5) is 22.4. The molecule has 1 rings (SSSR count). The maximum Gasteiger partial charge on any atom is 0.337 e. The Hall–Kier alpha value is -1.62. The minimum Gasteiger partial charge on any atom is -0.466 e. The van der Waals surface area contributed by atoms with Gasteiger partial charge in [0.1, 0.15) is 12.7 Å². The number of esters is 2. The van der Waals surface area contributed by atoms with Crippen molar-refractivity contribution in [1.82, 2.24) is 0 Å². The van der Waals surface area contributed by atoms with Gasteiger partial charge in [0, 0.05) is 5.57 Å². The summed E-state index contributed by atoms with van der Waals surface area (Å²) in [5.74, 6) is -1.06. The highest BCUT2D eigenvalue weighted by atomic mass is 16.6. The van der Waals surface area contributed by atoms with Crippen LogP contribution in [0.2, 0.25) is 0 Å². The Morgan fingerprint density at radius 2 is 2.12 bits per heavy atom. The van der Waals surface area contributed by atoms with Crippen molar-refractivity contribution in [3.63, 3.8) is 0 Å². The molecule has 0 spiro atoms. The Labute approximate surface area is 93.7 Å². The number of epoxide rings is 1. The highest BCUT2D eigenvalue weighted by molar-refractivity contribution is 5.95. The van der Waals surface area contributed by atoms with Crippen molar-refractivity contribution in [3.05, 3.63) is 23.8 Å². The van der Waals surface area contributed by atoms with Gasteiger partial charge in [-0.2, -0.15) is 0 Å². The molecule has 1 aliphatic rings. The van der Waals surface area contributed by atoms with Crippen molar-refractivity contribution in [2.75, 3.05) is 20.3 Å². The van der Waals surface area contributed by atoms with E-state index < -0.39 is 11.9 Å². The molecule has 1 aliphatic heterocycles. The van der Waals surface area contributed by atoms with Crippen molar-refractivity contribution in [1.29, 1.82) is 0 Å². The first-order valence-corrected chi connectivity index (χ1v) is 4.79.